The van der Waals surface area contributed by atoms with E-state index in [2.05, 4.69) is 5.32 Å². The molecule has 1 heterocycles. The number of hydrogen-bond acceptors (Lipinski definition) is 5. The minimum Gasteiger partial charge on any atom is -0.508 e. The zero-order chi connectivity index (χ0) is 16.4. The van der Waals surface area contributed by atoms with Crippen LogP contribution in [0.4, 0.5) is 10.5 Å². The molecule has 1 aliphatic heterocycles. The van der Waals surface area contributed by atoms with E-state index >= 15 is 0 Å². The molecule has 0 saturated carbocycles. The molecule has 7 heteroatoms. The molecule has 0 aromatic heterocycles. The lowest BCUT2D eigenvalue weighted by Gasteiger charge is -2.35. The number of urea groups is 1. The molecular weight excluding hydrogens is 300 g/mol. The molecule has 2 atom stereocenters. The van der Waals surface area contributed by atoms with Gasteiger partial charge in [-0.15, -0.1) is 0 Å². The zero-order valence-corrected chi connectivity index (χ0v) is 11.7. The normalized spacial score (nSPS) is 28.5. The van der Waals surface area contributed by atoms with E-state index in [1.54, 1.807) is 12.1 Å². The van der Waals surface area contributed by atoms with Crippen LogP contribution in [-0.4, -0.2) is 32.9 Å². The van der Waals surface area contributed by atoms with Crippen LogP contribution in [0, 0.1) is 0 Å². The first kappa shape index (κ1) is 13.7. The molecule has 1 aliphatic carbocycles. The number of aliphatic hydroxyl groups is 2. The standard InChI is InChI=1S/C16H12N2O5/c19-10-5-3-4-9(8-10)18-14(21)17-15(22)13(20)11-6-1-2-7-12(11)16(15,18)23/h1-8,19,22-23H,(H,17,21)/t15-,16+/m1/s1. The number of ketones is 1. The molecule has 7 nitrogen and oxygen atoms in total. The maximum Gasteiger partial charge on any atom is 0.327 e. The summed E-state index contributed by atoms with van der Waals surface area (Å²) in [5.41, 5.74) is -4.40. The van der Waals surface area contributed by atoms with Crippen LogP contribution in [0.5, 0.6) is 5.75 Å². The molecule has 4 N–H and O–H groups in total. The maximum absolute atomic E-state index is 12.5. The van der Waals surface area contributed by atoms with Crippen molar-refractivity contribution in [3.8, 4) is 5.75 Å². The average molecular weight is 312 g/mol. The smallest absolute Gasteiger partial charge is 0.327 e. The number of phenols is 1. The molecule has 0 bridgehead atoms. The third-order valence-electron chi connectivity index (χ3n) is 4.28. The van der Waals surface area contributed by atoms with Crippen molar-refractivity contribution in [1.82, 2.24) is 5.32 Å². The van der Waals surface area contributed by atoms with Crippen LogP contribution in [0.25, 0.3) is 0 Å². The molecular formula is C16H12N2O5. The number of phenolic OH excluding ortho intramolecular Hbond substituents is 1. The Hall–Kier alpha value is -2.90. The maximum atomic E-state index is 12.5. The van der Waals surface area contributed by atoms with Gasteiger partial charge in [-0.2, -0.15) is 0 Å². The number of carbonyl (C=O) groups is 2. The monoisotopic (exact) mass is 312 g/mol. The van der Waals surface area contributed by atoms with Gasteiger partial charge in [0, 0.05) is 17.2 Å². The van der Waals surface area contributed by atoms with Gasteiger partial charge in [-0.05, 0) is 12.1 Å². The summed E-state index contributed by atoms with van der Waals surface area (Å²) in [6.45, 7) is 0. The summed E-state index contributed by atoms with van der Waals surface area (Å²) in [6.07, 6.45) is 0. The van der Waals surface area contributed by atoms with E-state index in [-0.39, 0.29) is 22.6 Å². The van der Waals surface area contributed by atoms with Crippen LogP contribution in [0.15, 0.2) is 48.5 Å². The molecule has 23 heavy (non-hydrogen) atoms. The molecule has 2 amide bonds. The molecule has 1 saturated heterocycles. The van der Waals surface area contributed by atoms with Crippen molar-refractivity contribution in [2.75, 3.05) is 4.90 Å². The highest BCUT2D eigenvalue weighted by Crippen LogP contribution is 2.50. The number of aromatic hydroxyl groups is 1. The Kier molecular flexibility index (Phi) is 2.45. The second kappa shape index (κ2) is 4.09. The second-order valence-electron chi connectivity index (χ2n) is 5.54. The summed E-state index contributed by atoms with van der Waals surface area (Å²) >= 11 is 0. The molecule has 0 spiro atoms. The van der Waals surface area contributed by atoms with Crippen LogP contribution in [0.1, 0.15) is 15.9 Å². The van der Waals surface area contributed by atoms with Crippen LogP contribution < -0.4 is 10.2 Å². The number of hydrogen-bond donors (Lipinski definition) is 4. The fraction of sp³-hybridized carbons (Fsp3) is 0.125. The third-order valence-corrected chi connectivity index (χ3v) is 4.28. The van der Waals surface area contributed by atoms with Crippen LogP contribution in [0.2, 0.25) is 0 Å². The summed E-state index contributed by atoms with van der Waals surface area (Å²) in [5, 5.41) is 33.7. The lowest BCUT2D eigenvalue weighted by Crippen LogP contribution is -2.59. The Bertz CT molecular complexity index is 867. The van der Waals surface area contributed by atoms with Gasteiger partial charge in [-0.1, -0.05) is 30.3 Å². The Morgan fingerprint density at radius 3 is 2.48 bits per heavy atom. The van der Waals surface area contributed by atoms with Crippen molar-refractivity contribution in [1.29, 1.82) is 0 Å². The van der Waals surface area contributed by atoms with Gasteiger partial charge in [-0.25, -0.2) is 4.79 Å². The molecule has 2 aromatic rings. The van der Waals surface area contributed by atoms with E-state index in [0.29, 0.717) is 0 Å². The summed E-state index contributed by atoms with van der Waals surface area (Å²) in [5.74, 6) is -0.904. The topological polar surface area (TPSA) is 110 Å². The molecule has 0 radical (unpaired) electrons. The van der Waals surface area contributed by atoms with Crippen molar-refractivity contribution < 1.29 is 24.9 Å². The molecule has 116 valence electrons. The SMILES string of the molecule is O=C1N[C@@]2(O)C(=O)c3ccccc3[C@@]2(O)N1c1cccc(O)c1. The Labute approximate surface area is 130 Å². The average Bonchev–Trinajstić information content (AvgIpc) is 2.83. The number of benzene rings is 2. The number of anilines is 1. The van der Waals surface area contributed by atoms with E-state index < -0.39 is 23.3 Å². The van der Waals surface area contributed by atoms with Gasteiger partial charge in [0.05, 0.1) is 5.69 Å². The molecule has 0 unspecified atom stereocenters. The van der Waals surface area contributed by atoms with Gasteiger partial charge < -0.3 is 15.3 Å². The first-order valence-electron chi connectivity index (χ1n) is 6.90. The second-order valence-corrected chi connectivity index (χ2v) is 5.54. The number of Topliss-reactive ketones (excluding diaryl/α,β-unsaturated/α-hetero) is 1. The number of nitrogens with zero attached hydrogens (tertiary/aromatic N) is 1. The Balaban J connectivity index is 2.00. The molecule has 4 rings (SSSR count). The number of fused-ring (bicyclic) bond motifs is 3. The minimum atomic E-state index is -2.49. The Morgan fingerprint density at radius 2 is 1.74 bits per heavy atom. The van der Waals surface area contributed by atoms with Crippen LogP contribution in [0.3, 0.4) is 0 Å². The van der Waals surface area contributed by atoms with Gasteiger partial charge in [0.15, 0.2) is 0 Å². The van der Waals surface area contributed by atoms with Crippen LogP contribution in [-0.2, 0) is 5.72 Å². The number of nitrogens with one attached hydrogen (secondary N) is 1. The van der Waals surface area contributed by atoms with Gasteiger partial charge in [0.2, 0.25) is 11.5 Å². The van der Waals surface area contributed by atoms with Gasteiger partial charge >= 0.3 is 6.03 Å². The van der Waals surface area contributed by atoms with Crippen molar-refractivity contribution >= 4 is 17.5 Å². The van der Waals surface area contributed by atoms with Crippen molar-refractivity contribution in [3.05, 3.63) is 59.7 Å². The lowest BCUT2D eigenvalue weighted by molar-refractivity contribution is -0.109. The third kappa shape index (κ3) is 1.45. The minimum absolute atomic E-state index is 0.119. The zero-order valence-electron chi connectivity index (χ0n) is 11.7. The highest BCUT2D eigenvalue weighted by molar-refractivity contribution is 6.15. The van der Waals surface area contributed by atoms with Crippen LogP contribution >= 0.6 is 0 Å². The van der Waals surface area contributed by atoms with E-state index in [0.717, 1.165) is 4.90 Å². The molecule has 2 aliphatic rings. The van der Waals surface area contributed by atoms with Gasteiger partial charge in [-0.3, -0.25) is 15.0 Å². The van der Waals surface area contributed by atoms with Gasteiger partial charge in [0.1, 0.15) is 5.75 Å². The summed E-state index contributed by atoms with van der Waals surface area (Å²) in [7, 11) is 0. The largest absolute Gasteiger partial charge is 0.508 e. The van der Waals surface area contributed by atoms with E-state index in [1.807, 2.05) is 0 Å². The van der Waals surface area contributed by atoms with E-state index in [1.165, 1.54) is 36.4 Å². The fourth-order valence-electron chi connectivity index (χ4n) is 3.25. The highest BCUT2D eigenvalue weighted by atomic mass is 16.4. The quantitative estimate of drug-likeness (QED) is 0.618. The van der Waals surface area contributed by atoms with Crippen molar-refractivity contribution in [2.45, 2.75) is 11.4 Å². The summed E-state index contributed by atoms with van der Waals surface area (Å²) < 4.78 is 0. The molecule has 1 fully saturated rings. The number of rotatable bonds is 1. The summed E-state index contributed by atoms with van der Waals surface area (Å²) in [4.78, 5) is 25.7. The molecule has 2 aromatic carbocycles. The predicted molar refractivity (Wildman–Crippen MR) is 78.7 cm³/mol. The first-order chi connectivity index (χ1) is 10.9. The highest BCUT2D eigenvalue weighted by Gasteiger charge is 2.72. The lowest BCUT2D eigenvalue weighted by atomic mass is 9.98. The van der Waals surface area contributed by atoms with Crippen molar-refractivity contribution in [2.24, 2.45) is 0 Å². The first-order valence-corrected chi connectivity index (χ1v) is 6.90. The Morgan fingerprint density at radius 1 is 1.00 bits per heavy atom. The number of amides is 2. The predicted octanol–water partition coefficient (Wildman–Crippen LogP) is 0.652. The number of carbonyl (C=O) groups excluding carboxylic acids is 2. The summed E-state index contributed by atoms with van der Waals surface area (Å²) in [6, 6.07) is 10.9. The van der Waals surface area contributed by atoms with E-state index in [9.17, 15) is 24.9 Å². The van der Waals surface area contributed by atoms with E-state index in [4.69, 9.17) is 0 Å². The van der Waals surface area contributed by atoms with Gasteiger partial charge in [0.25, 0.3) is 5.72 Å². The van der Waals surface area contributed by atoms with Crippen molar-refractivity contribution in [3.63, 3.8) is 0 Å². The fourth-order valence-corrected chi connectivity index (χ4v) is 3.25.